The fourth-order valence-corrected chi connectivity index (χ4v) is 0.929. The smallest absolute Gasteiger partial charge is 0.140 e. The predicted octanol–water partition coefficient (Wildman–Crippen LogP) is 1.24. The third kappa shape index (κ3) is 1.64. The first-order chi connectivity index (χ1) is 4.83. The zero-order chi connectivity index (χ0) is 7.40. The fourth-order valence-electron chi connectivity index (χ4n) is 0.527. The van der Waals surface area contributed by atoms with Crippen LogP contribution in [0.3, 0.4) is 0 Å². The number of thiocyanates is 1. The second-order valence-electron chi connectivity index (χ2n) is 1.62. The van der Waals surface area contributed by atoms with E-state index in [4.69, 9.17) is 11.0 Å². The molecule has 1 rings (SSSR count). The van der Waals surface area contributed by atoms with Crippen molar-refractivity contribution in [3.05, 3.63) is 18.3 Å². The summed E-state index contributed by atoms with van der Waals surface area (Å²) in [6.45, 7) is 0. The van der Waals surface area contributed by atoms with Gasteiger partial charge in [-0.05, 0) is 12.1 Å². The maximum atomic E-state index is 8.24. The highest BCUT2D eigenvalue weighted by Gasteiger charge is 1.92. The van der Waals surface area contributed by atoms with Gasteiger partial charge in [-0.1, -0.05) is 0 Å². The van der Waals surface area contributed by atoms with Gasteiger partial charge in [0.15, 0.2) is 0 Å². The van der Waals surface area contributed by atoms with E-state index in [1.54, 1.807) is 18.3 Å². The molecule has 0 aromatic carbocycles. The van der Waals surface area contributed by atoms with Crippen LogP contribution in [0, 0.1) is 10.7 Å². The van der Waals surface area contributed by atoms with E-state index in [1.807, 2.05) is 5.40 Å². The maximum absolute atomic E-state index is 8.24. The minimum atomic E-state index is 0.632. The molecule has 0 saturated carbocycles. The SMILES string of the molecule is N#CSc1cc(N)ccn1. The molecule has 4 heteroatoms. The molecular weight excluding hydrogens is 146 g/mol. The molecular formula is C6H5N3S. The molecule has 1 aromatic heterocycles. The largest absolute Gasteiger partial charge is 0.399 e. The van der Waals surface area contributed by atoms with Gasteiger partial charge in [0.25, 0.3) is 0 Å². The highest BCUT2D eigenvalue weighted by molar-refractivity contribution is 8.03. The van der Waals surface area contributed by atoms with E-state index in [0.717, 1.165) is 11.8 Å². The fraction of sp³-hybridized carbons (Fsp3) is 0. The number of aromatic nitrogens is 1. The maximum Gasteiger partial charge on any atom is 0.140 e. The summed E-state index contributed by atoms with van der Waals surface area (Å²) in [7, 11) is 0. The number of rotatable bonds is 1. The molecule has 2 N–H and O–H groups in total. The summed E-state index contributed by atoms with van der Waals surface area (Å²) in [6.07, 6.45) is 1.58. The van der Waals surface area contributed by atoms with E-state index < -0.39 is 0 Å². The molecule has 0 aliphatic rings. The van der Waals surface area contributed by atoms with Crippen LogP contribution >= 0.6 is 11.8 Å². The normalized spacial score (nSPS) is 8.70. The highest BCUT2D eigenvalue weighted by Crippen LogP contribution is 2.14. The summed E-state index contributed by atoms with van der Waals surface area (Å²) in [5.74, 6) is 0. The van der Waals surface area contributed by atoms with Gasteiger partial charge in [0.05, 0.1) is 0 Å². The third-order valence-corrected chi connectivity index (χ3v) is 1.43. The first-order valence-corrected chi connectivity index (χ1v) is 3.42. The number of pyridine rings is 1. The Morgan fingerprint density at radius 1 is 1.70 bits per heavy atom. The minimum absolute atomic E-state index is 0.632. The van der Waals surface area contributed by atoms with Gasteiger partial charge in [0, 0.05) is 23.6 Å². The summed E-state index contributed by atoms with van der Waals surface area (Å²) >= 11 is 1.00. The molecule has 0 aliphatic heterocycles. The van der Waals surface area contributed by atoms with Crippen molar-refractivity contribution in [1.82, 2.24) is 4.98 Å². The lowest BCUT2D eigenvalue weighted by Gasteiger charge is -1.92. The second-order valence-corrected chi connectivity index (χ2v) is 2.43. The first-order valence-electron chi connectivity index (χ1n) is 2.60. The van der Waals surface area contributed by atoms with Crippen molar-refractivity contribution in [3.63, 3.8) is 0 Å². The topological polar surface area (TPSA) is 62.7 Å². The number of nitrogens with two attached hydrogens (primary N) is 1. The van der Waals surface area contributed by atoms with Crippen LogP contribution in [-0.2, 0) is 0 Å². The van der Waals surface area contributed by atoms with Crippen LogP contribution in [0.25, 0.3) is 0 Å². The molecule has 1 heterocycles. The minimum Gasteiger partial charge on any atom is -0.399 e. The quantitative estimate of drug-likeness (QED) is 0.484. The van der Waals surface area contributed by atoms with E-state index in [1.165, 1.54) is 0 Å². The van der Waals surface area contributed by atoms with Gasteiger partial charge in [-0.2, -0.15) is 5.26 Å². The van der Waals surface area contributed by atoms with Crippen LogP contribution in [0.1, 0.15) is 0 Å². The molecule has 0 saturated heterocycles. The monoisotopic (exact) mass is 151 g/mol. The number of nitrogen functional groups attached to an aromatic ring is 1. The molecule has 10 heavy (non-hydrogen) atoms. The lowest BCUT2D eigenvalue weighted by molar-refractivity contribution is 1.14. The van der Waals surface area contributed by atoms with Crippen LogP contribution in [0.15, 0.2) is 23.4 Å². The van der Waals surface area contributed by atoms with E-state index in [2.05, 4.69) is 4.98 Å². The van der Waals surface area contributed by atoms with Crippen molar-refractivity contribution in [2.75, 3.05) is 5.73 Å². The van der Waals surface area contributed by atoms with Crippen LogP contribution < -0.4 is 5.73 Å². The van der Waals surface area contributed by atoms with Gasteiger partial charge in [-0.25, -0.2) is 4.98 Å². The molecule has 0 atom stereocenters. The molecule has 0 aliphatic carbocycles. The van der Waals surface area contributed by atoms with E-state index in [-0.39, 0.29) is 0 Å². The zero-order valence-corrected chi connectivity index (χ0v) is 5.93. The van der Waals surface area contributed by atoms with Crippen molar-refractivity contribution >= 4 is 17.4 Å². The van der Waals surface area contributed by atoms with Crippen molar-refractivity contribution in [3.8, 4) is 5.40 Å². The Labute approximate surface area is 62.9 Å². The summed E-state index contributed by atoms with van der Waals surface area (Å²) in [5, 5.41) is 10.8. The Morgan fingerprint density at radius 3 is 3.10 bits per heavy atom. The average Bonchev–Trinajstić information content (AvgIpc) is 1.88. The van der Waals surface area contributed by atoms with Crippen LogP contribution in [-0.4, -0.2) is 4.98 Å². The Bertz CT molecular complexity index is 266. The number of hydrogen-bond donors (Lipinski definition) is 1. The van der Waals surface area contributed by atoms with Gasteiger partial charge < -0.3 is 5.73 Å². The number of thioether (sulfide) groups is 1. The molecule has 0 radical (unpaired) electrons. The van der Waals surface area contributed by atoms with Gasteiger partial charge in [-0.3, -0.25) is 0 Å². The molecule has 0 fully saturated rings. The number of hydrogen-bond acceptors (Lipinski definition) is 4. The van der Waals surface area contributed by atoms with E-state index >= 15 is 0 Å². The van der Waals surface area contributed by atoms with Crippen molar-refractivity contribution in [2.24, 2.45) is 0 Å². The molecule has 0 bridgehead atoms. The molecule has 0 unspecified atom stereocenters. The van der Waals surface area contributed by atoms with Crippen molar-refractivity contribution < 1.29 is 0 Å². The van der Waals surface area contributed by atoms with E-state index in [9.17, 15) is 0 Å². The molecule has 3 nitrogen and oxygen atoms in total. The van der Waals surface area contributed by atoms with Gasteiger partial charge in [0.1, 0.15) is 10.4 Å². The van der Waals surface area contributed by atoms with Crippen molar-refractivity contribution in [1.29, 1.82) is 5.26 Å². The average molecular weight is 151 g/mol. The molecule has 0 amide bonds. The van der Waals surface area contributed by atoms with Crippen LogP contribution in [0.2, 0.25) is 0 Å². The van der Waals surface area contributed by atoms with Crippen LogP contribution in [0.4, 0.5) is 5.69 Å². The van der Waals surface area contributed by atoms with Gasteiger partial charge >= 0.3 is 0 Å². The summed E-state index contributed by atoms with van der Waals surface area (Å²) in [5.41, 5.74) is 6.06. The first kappa shape index (κ1) is 6.90. The molecule has 0 spiro atoms. The lowest BCUT2D eigenvalue weighted by Crippen LogP contribution is -1.85. The standard InChI is InChI=1S/C6H5N3S/c7-4-10-6-3-5(8)1-2-9-6/h1-3H,(H2,8,9). The molecule has 1 aromatic rings. The summed E-state index contributed by atoms with van der Waals surface area (Å²) in [6, 6.07) is 3.34. The highest BCUT2D eigenvalue weighted by atomic mass is 32.2. The Balaban J connectivity index is 2.87. The number of nitriles is 1. The Kier molecular flexibility index (Phi) is 2.13. The zero-order valence-electron chi connectivity index (χ0n) is 5.11. The second kappa shape index (κ2) is 3.08. The van der Waals surface area contributed by atoms with Gasteiger partial charge in [-0.15, -0.1) is 0 Å². The van der Waals surface area contributed by atoms with Crippen LogP contribution in [0.5, 0.6) is 0 Å². The Morgan fingerprint density at radius 2 is 2.50 bits per heavy atom. The summed E-state index contributed by atoms with van der Waals surface area (Å²) in [4.78, 5) is 3.89. The predicted molar refractivity (Wildman–Crippen MR) is 40.1 cm³/mol. The Hall–Kier alpha value is -1.21. The van der Waals surface area contributed by atoms with Crippen molar-refractivity contribution in [2.45, 2.75) is 5.03 Å². The third-order valence-electron chi connectivity index (χ3n) is 0.909. The molecule has 50 valence electrons. The van der Waals surface area contributed by atoms with Gasteiger partial charge in [0.2, 0.25) is 0 Å². The number of anilines is 1. The lowest BCUT2D eigenvalue weighted by atomic mass is 10.4. The van der Waals surface area contributed by atoms with E-state index in [0.29, 0.717) is 10.7 Å². The number of nitrogens with zero attached hydrogens (tertiary/aromatic N) is 2. The summed E-state index contributed by atoms with van der Waals surface area (Å²) < 4.78 is 0.